The molecule has 74 valence electrons. The third-order valence-electron chi connectivity index (χ3n) is 1.30. The number of alkyl halides is 3. The average Bonchev–Trinajstić information content (AvgIpc) is 2.27. The summed E-state index contributed by atoms with van der Waals surface area (Å²) in [6.45, 7) is -0.188. The van der Waals surface area contributed by atoms with Crippen LogP contribution >= 0.6 is 34.2 Å². The molecule has 1 rings (SSSR count). The van der Waals surface area contributed by atoms with Crippen molar-refractivity contribution >= 4 is 34.2 Å². The number of rotatable bonds is 2. The zero-order valence-corrected chi connectivity index (χ0v) is 9.19. The molecule has 0 radical (unpaired) electrons. The Morgan fingerprint density at radius 3 is 2.54 bits per heavy atom. The Bertz CT molecular complexity index is 277. The fraction of sp³-hybridized carbons (Fsp3) is 0.500. The van der Waals surface area contributed by atoms with Gasteiger partial charge < -0.3 is 0 Å². The summed E-state index contributed by atoms with van der Waals surface area (Å²) in [5.41, 5.74) is 0. The van der Waals surface area contributed by atoms with Crippen LogP contribution in [0.4, 0.5) is 13.2 Å². The summed E-state index contributed by atoms with van der Waals surface area (Å²) in [5.74, 6) is 0. The van der Waals surface area contributed by atoms with Crippen molar-refractivity contribution in [3.63, 3.8) is 0 Å². The Balaban J connectivity index is 2.56. The van der Waals surface area contributed by atoms with E-state index in [1.54, 1.807) is 0 Å². The van der Waals surface area contributed by atoms with Gasteiger partial charge in [0.2, 0.25) is 0 Å². The van der Waals surface area contributed by atoms with E-state index in [4.69, 9.17) is 11.6 Å². The molecule has 0 saturated heterocycles. The van der Waals surface area contributed by atoms with Crippen LogP contribution in [0, 0.1) is 3.70 Å². The summed E-state index contributed by atoms with van der Waals surface area (Å²) < 4.78 is 37.0. The molecule has 1 aromatic rings. The van der Waals surface area contributed by atoms with Gasteiger partial charge in [-0.15, -0.1) is 0 Å². The van der Waals surface area contributed by atoms with Crippen LogP contribution in [0.2, 0.25) is 5.02 Å². The minimum absolute atomic E-state index is 0.188. The van der Waals surface area contributed by atoms with Gasteiger partial charge in [0.05, 0.1) is 11.4 Å². The first-order valence-electron chi connectivity index (χ1n) is 3.34. The van der Waals surface area contributed by atoms with Crippen LogP contribution in [0.25, 0.3) is 0 Å². The van der Waals surface area contributed by atoms with Crippen LogP contribution < -0.4 is 0 Å². The van der Waals surface area contributed by atoms with E-state index in [0.717, 1.165) is 0 Å². The van der Waals surface area contributed by atoms with Crippen molar-refractivity contribution < 1.29 is 13.2 Å². The lowest BCUT2D eigenvalue weighted by atomic mass is 10.4. The van der Waals surface area contributed by atoms with E-state index in [1.165, 1.54) is 10.9 Å². The molecular weight excluding hydrogens is 319 g/mol. The van der Waals surface area contributed by atoms with Gasteiger partial charge in [0, 0.05) is 12.7 Å². The van der Waals surface area contributed by atoms with Gasteiger partial charge >= 0.3 is 6.18 Å². The van der Waals surface area contributed by atoms with E-state index >= 15 is 0 Å². The molecule has 1 aromatic heterocycles. The van der Waals surface area contributed by atoms with Gasteiger partial charge in [-0.05, 0) is 22.6 Å². The van der Waals surface area contributed by atoms with E-state index in [0.29, 0.717) is 8.72 Å². The maximum absolute atomic E-state index is 11.8. The summed E-state index contributed by atoms with van der Waals surface area (Å²) in [6, 6.07) is 0. The smallest absolute Gasteiger partial charge is 0.270 e. The second-order valence-corrected chi connectivity index (χ2v) is 3.83. The Morgan fingerprint density at radius 1 is 1.54 bits per heavy atom. The number of hydrogen-bond acceptors (Lipinski definition) is 1. The SMILES string of the molecule is FC(F)(F)CCn1cc(Cl)c(I)n1. The molecule has 2 nitrogen and oxygen atoms in total. The van der Waals surface area contributed by atoms with E-state index in [1.807, 2.05) is 22.6 Å². The van der Waals surface area contributed by atoms with Crippen molar-refractivity contribution in [1.29, 1.82) is 0 Å². The highest BCUT2D eigenvalue weighted by Gasteiger charge is 2.26. The fourth-order valence-electron chi connectivity index (χ4n) is 0.729. The van der Waals surface area contributed by atoms with E-state index in [2.05, 4.69) is 5.10 Å². The molecule has 1 heterocycles. The first kappa shape index (κ1) is 11.1. The molecular formula is C6H5ClF3IN2. The summed E-state index contributed by atoms with van der Waals surface area (Å²) in [4.78, 5) is 0. The van der Waals surface area contributed by atoms with Gasteiger partial charge in [0.25, 0.3) is 0 Å². The van der Waals surface area contributed by atoms with E-state index in [9.17, 15) is 13.2 Å². The van der Waals surface area contributed by atoms with Crippen LogP contribution in [0.5, 0.6) is 0 Å². The van der Waals surface area contributed by atoms with Crippen molar-refractivity contribution in [2.75, 3.05) is 0 Å². The Morgan fingerprint density at radius 2 is 2.15 bits per heavy atom. The number of aryl methyl sites for hydroxylation is 1. The standard InChI is InChI=1S/C6H5ClF3IN2/c7-4-3-13(12-5(4)11)2-1-6(8,9)10/h3H,1-2H2. The predicted octanol–water partition coefficient (Wildman–Crippen LogP) is 3.09. The van der Waals surface area contributed by atoms with Gasteiger partial charge in [-0.3, -0.25) is 4.68 Å². The van der Waals surface area contributed by atoms with Crippen molar-refractivity contribution in [2.24, 2.45) is 0 Å². The van der Waals surface area contributed by atoms with E-state index in [-0.39, 0.29) is 6.54 Å². The first-order valence-corrected chi connectivity index (χ1v) is 4.79. The van der Waals surface area contributed by atoms with Gasteiger partial charge in [0.1, 0.15) is 3.70 Å². The largest absolute Gasteiger partial charge is 0.390 e. The zero-order chi connectivity index (χ0) is 10.1. The molecule has 7 heteroatoms. The van der Waals surface area contributed by atoms with Crippen molar-refractivity contribution in [2.45, 2.75) is 19.1 Å². The molecule has 0 bridgehead atoms. The number of nitrogens with zero attached hydrogens (tertiary/aromatic N) is 2. The molecule has 0 aliphatic heterocycles. The minimum Gasteiger partial charge on any atom is -0.270 e. The maximum atomic E-state index is 11.8. The second kappa shape index (κ2) is 4.04. The molecule has 0 fully saturated rings. The highest BCUT2D eigenvalue weighted by Crippen LogP contribution is 2.21. The quantitative estimate of drug-likeness (QED) is 0.765. The average molecular weight is 324 g/mol. The molecule has 0 aromatic carbocycles. The number of hydrogen-bond donors (Lipinski definition) is 0. The maximum Gasteiger partial charge on any atom is 0.390 e. The third kappa shape index (κ3) is 3.72. The number of aromatic nitrogens is 2. The Hall–Kier alpha value is 0.0200. The highest BCUT2D eigenvalue weighted by atomic mass is 127. The van der Waals surface area contributed by atoms with Crippen molar-refractivity contribution in [1.82, 2.24) is 9.78 Å². The van der Waals surface area contributed by atoms with Crippen molar-refractivity contribution in [3.05, 3.63) is 14.9 Å². The van der Waals surface area contributed by atoms with Gasteiger partial charge in [-0.1, -0.05) is 11.6 Å². The third-order valence-corrected chi connectivity index (χ3v) is 2.69. The molecule has 0 saturated carbocycles. The molecule has 0 aliphatic carbocycles. The predicted molar refractivity (Wildman–Crippen MR) is 50.6 cm³/mol. The van der Waals surface area contributed by atoms with Crippen LogP contribution in [0.1, 0.15) is 6.42 Å². The van der Waals surface area contributed by atoms with Gasteiger partial charge in [0.15, 0.2) is 0 Å². The summed E-state index contributed by atoms with van der Waals surface area (Å²) in [6.07, 6.45) is -3.65. The zero-order valence-electron chi connectivity index (χ0n) is 6.28. The number of halogens is 5. The van der Waals surface area contributed by atoms with E-state index < -0.39 is 12.6 Å². The lowest BCUT2D eigenvalue weighted by Crippen LogP contribution is -2.12. The molecule has 13 heavy (non-hydrogen) atoms. The van der Waals surface area contributed by atoms with Gasteiger partial charge in [-0.25, -0.2) is 0 Å². The minimum atomic E-state index is -4.15. The summed E-state index contributed by atoms with van der Waals surface area (Å²) in [5, 5.41) is 4.16. The molecule has 0 N–H and O–H groups in total. The molecule has 0 amide bonds. The molecule has 0 aliphatic rings. The molecule has 0 unspecified atom stereocenters. The van der Waals surface area contributed by atoms with Crippen LogP contribution in [0.3, 0.4) is 0 Å². The van der Waals surface area contributed by atoms with Crippen LogP contribution in [-0.4, -0.2) is 16.0 Å². The lowest BCUT2D eigenvalue weighted by molar-refractivity contribution is -0.137. The van der Waals surface area contributed by atoms with Crippen molar-refractivity contribution in [3.8, 4) is 0 Å². The van der Waals surface area contributed by atoms with Crippen LogP contribution in [0.15, 0.2) is 6.20 Å². The Labute approximate surface area is 91.2 Å². The van der Waals surface area contributed by atoms with Gasteiger partial charge in [-0.2, -0.15) is 18.3 Å². The summed E-state index contributed by atoms with van der Waals surface area (Å²) in [7, 11) is 0. The molecule has 0 spiro atoms. The fourth-order valence-corrected chi connectivity index (χ4v) is 1.30. The second-order valence-electron chi connectivity index (χ2n) is 2.40. The highest BCUT2D eigenvalue weighted by molar-refractivity contribution is 14.1. The summed E-state index contributed by atoms with van der Waals surface area (Å²) >= 11 is 7.47. The van der Waals surface area contributed by atoms with Crippen LogP contribution in [-0.2, 0) is 6.54 Å². The monoisotopic (exact) mass is 324 g/mol. The normalized spacial score (nSPS) is 12.1. The molecule has 0 atom stereocenters. The topological polar surface area (TPSA) is 17.8 Å². The first-order chi connectivity index (χ1) is 5.88. The lowest BCUT2D eigenvalue weighted by Gasteiger charge is -2.05. The Kier molecular flexibility index (Phi) is 3.44.